The van der Waals surface area contributed by atoms with Gasteiger partial charge in [-0.25, -0.2) is 4.79 Å². The molecule has 41 heteroatoms. The van der Waals surface area contributed by atoms with E-state index in [-0.39, 0.29) is 62.4 Å². The van der Waals surface area contributed by atoms with E-state index < -0.39 is 269 Å². The number of carboxylic acids is 3. The number of carboxylic acid groups (broad SMARTS) is 3. The van der Waals surface area contributed by atoms with Crippen molar-refractivity contribution in [3.63, 3.8) is 0 Å². The number of likely N-dealkylation sites (tertiary alicyclic amines) is 2. The number of primary amides is 3. The van der Waals surface area contributed by atoms with E-state index in [1.165, 1.54) is 31.2 Å². The van der Waals surface area contributed by atoms with Crippen molar-refractivity contribution in [2.75, 3.05) is 26.2 Å². The molecule has 41 nitrogen and oxygen atoms in total. The number of rotatable bonds is 44. The molecule has 0 saturated carbocycles. The average molecular weight is 1460 g/mol. The van der Waals surface area contributed by atoms with Crippen LogP contribution in [0.3, 0.4) is 0 Å². The van der Waals surface area contributed by atoms with Gasteiger partial charge in [0.15, 0.2) is 0 Å². The Morgan fingerprint density at radius 3 is 1.39 bits per heavy atom. The van der Waals surface area contributed by atoms with Gasteiger partial charge >= 0.3 is 17.9 Å². The van der Waals surface area contributed by atoms with Crippen LogP contribution in [-0.4, -0.2) is 263 Å². The molecule has 0 radical (unpaired) electrons. The Balaban J connectivity index is 1.91. The summed E-state index contributed by atoms with van der Waals surface area (Å²) in [6, 6.07) is -15.1. The maximum Gasteiger partial charge on any atom is 0.326 e. The molecule has 2 saturated heterocycles. The van der Waals surface area contributed by atoms with Crippen LogP contribution < -0.4 is 76.1 Å². The SMILES string of the molecule is CC(C)C[C@H](NC(=O)[C@H](CC(N)=O)NC(=O)[C@H](CCC(=O)O)NC(=O)CNC(=O)[C@@H]1CCCN1C(=O)[C@H](CCC(N)=O)NC(=O)[C@H](Cc1ccc(O)cc1)NC(=O)[C@H](CCC(N)=O)NC(=O)[C@@H]1CCCN1C(=O)[C@H](CCC(=O)O)NC(=O)[C@@H](NC(=O)[C@H](CO)NC(=O)[C@@H](N)[C@@H](C)O)[C@@H](C)O)C(=O)O. The maximum atomic E-state index is 14.7. The zero-order valence-electron chi connectivity index (χ0n) is 57.1. The summed E-state index contributed by atoms with van der Waals surface area (Å²) >= 11 is 0. The highest BCUT2D eigenvalue weighted by Gasteiger charge is 2.43. The van der Waals surface area contributed by atoms with Crippen molar-refractivity contribution in [3.8, 4) is 5.75 Å². The minimum atomic E-state index is -1.95. The van der Waals surface area contributed by atoms with E-state index in [2.05, 4.69) is 53.2 Å². The van der Waals surface area contributed by atoms with Crippen LogP contribution in [0.15, 0.2) is 24.3 Å². The Morgan fingerprint density at radius 2 is 0.913 bits per heavy atom. The second kappa shape index (κ2) is 41.9. The smallest absolute Gasteiger partial charge is 0.326 e. The van der Waals surface area contributed by atoms with Crippen molar-refractivity contribution in [2.24, 2.45) is 28.9 Å². The minimum absolute atomic E-state index is 0.0537. The number of nitrogens with one attached hydrogen (secondary N) is 10. The van der Waals surface area contributed by atoms with Gasteiger partial charge in [-0.05, 0) is 95.2 Å². The van der Waals surface area contributed by atoms with Crippen LogP contribution >= 0.6 is 0 Å². The first-order valence-corrected chi connectivity index (χ1v) is 32.9. The number of amides is 15. The Hall–Kier alpha value is -10.7. The zero-order valence-corrected chi connectivity index (χ0v) is 57.1. The molecule has 0 spiro atoms. The largest absolute Gasteiger partial charge is 0.508 e. The molecular weight excluding hydrogens is 1370 g/mol. The zero-order chi connectivity index (χ0) is 77.7. The Bertz CT molecular complexity index is 3260. The molecule has 0 bridgehead atoms. The highest BCUT2D eigenvalue weighted by atomic mass is 16.4. The summed E-state index contributed by atoms with van der Waals surface area (Å²) in [6.45, 7) is 3.17. The Morgan fingerprint density at radius 1 is 0.485 bits per heavy atom. The molecule has 1 aromatic rings. The number of aromatic hydroxyl groups is 1. The quantitative estimate of drug-likeness (QED) is 0.0288. The number of nitrogens with two attached hydrogens (primary N) is 4. The first kappa shape index (κ1) is 86.5. The molecule has 0 unspecified atom stereocenters. The highest BCUT2D eigenvalue weighted by Crippen LogP contribution is 2.23. The molecule has 2 fully saturated rings. The highest BCUT2D eigenvalue weighted by molar-refractivity contribution is 6.01. The van der Waals surface area contributed by atoms with Crippen LogP contribution in [-0.2, 0) is 92.7 Å². The van der Waals surface area contributed by atoms with Gasteiger partial charge in [-0.2, -0.15) is 0 Å². The number of carbonyl (C=O) groups is 18. The number of phenolic OH excluding ortho intramolecular Hbond substituents is 1. The molecule has 25 N–H and O–H groups in total. The van der Waals surface area contributed by atoms with Gasteiger partial charge < -0.3 is 122 Å². The van der Waals surface area contributed by atoms with Crippen molar-refractivity contribution >= 4 is 107 Å². The molecule has 1 aromatic carbocycles. The van der Waals surface area contributed by atoms with E-state index in [1.54, 1.807) is 13.8 Å². The van der Waals surface area contributed by atoms with Gasteiger partial charge in [-0.3, -0.25) is 81.5 Å². The molecule has 3 rings (SSSR count). The van der Waals surface area contributed by atoms with Gasteiger partial charge in [0.1, 0.15) is 78.3 Å². The van der Waals surface area contributed by atoms with Gasteiger partial charge in [0.25, 0.3) is 0 Å². The van der Waals surface area contributed by atoms with E-state index in [4.69, 9.17) is 22.9 Å². The fourth-order valence-electron chi connectivity index (χ4n) is 10.8. The van der Waals surface area contributed by atoms with E-state index in [9.17, 15) is 122 Å². The predicted octanol–water partition coefficient (Wildman–Crippen LogP) is -9.26. The van der Waals surface area contributed by atoms with Gasteiger partial charge in [0.05, 0.1) is 31.8 Å². The summed E-state index contributed by atoms with van der Waals surface area (Å²) in [7, 11) is 0. The molecule has 572 valence electrons. The monoisotopic (exact) mass is 1460 g/mol. The van der Waals surface area contributed by atoms with E-state index in [1.807, 2.05) is 0 Å². The van der Waals surface area contributed by atoms with Crippen molar-refractivity contribution in [1.29, 1.82) is 0 Å². The Labute approximate surface area is 589 Å². The number of hydrogen-bond acceptors (Lipinski definition) is 23. The van der Waals surface area contributed by atoms with Crippen molar-refractivity contribution in [1.82, 2.24) is 63.0 Å². The van der Waals surface area contributed by atoms with Crippen LogP contribution in [0, 0.1) is 5.92 Å². The number of aliphatic hydroxyl groups excluding tert-OH is 3. The van der Waals surface area contributed by atoms with Gasteiger partial charge in [-0.15, -0.1) is 0 Å². The minimum Gasteiger partial charge on any atom is -0.508 e. The fourth-order valence-corrected chi connectivity index (χ4v) is 10.8. The number of nitrogens with zero attached hydrogens (tertiary/aromatic N) is 2. The predicted molar refractivity (Wildman–Crippen MR) is 352 cm³/mol. The number of phenols is 1. The molecule has 15 amide bonds. The molecule has 0 aromatic heterocycles. The lowest BCUT2D eigenvalue weighted by Gasteiger charge is -2.31. The molecule has 0 aliphatic carbocycles. The molecule has 2 heterocycles. The second-order valence-electron chi connectivity index (χ2n) is 25.2. The normalized spacial score (nSPS) is 17.6. The number of aliphatic hydroxyl groups is 3. The summed E-state index contributed by atoms with van der Waals surface area (Å²) in [6.07, 6.45) is -9.46. The number of aliphatic carboxylic acids is 3. The summed E-state index contributed by atoms with van der Waals surface area (Å²) in [5.41, 5.74) is 22.1. The summed E-state index contributed by atoms with van der Waals surface area (Å²) < 4.78 is 0. The molecular formula is C62H94N16O25. The van der Waals surface area contributed by atoms with E-state index in [0.29, 0.717) is 0 Å². The first-order valence-electron chi connectivity index (χ1n) is 32.9. The van der Waals surface area contributed by atoms with Crippen molar-refractivity contribution in [3.05, 3.63) is 29.8 Å². The van der Waals surface area contributed by atoms with Crippen LogP contribution in [0.1, 0.15) is 123 Å². The Kier molecular flexibility index (Phi) is 35.2. The molecule has 2 aliphatic rings. The van der Waals surface area contributed by atoms with Crippen molar-refractivity contribution in [2.45, 2.75) is 209 Å². The lowest BCUT2D eigenvalue weighted by atomic mass is 10.0. The van der Waals surface area contributed by atoms with Crippen LogP contribution in [0.5, 0.6) is 5.75 Å². The summed E-state index contributed by atoms with van der Waals surface area (Å²) in [5, 5.41) is 91.7. The van der Waals surface area contributed by atoms with Crippen LogP contribution in [0.4, 0.5) is 0 Å². The maximum absolute atomic E-state index is 14.7. The fraction of sp³-hybridized carbons (Fsp3) is 0.613. The third-order valence-electron chi connectivity index (χ3n) is 16.3. The molecule has 14 atom stereocenters. The van der Waals surface area contributed by atoms with Gasteiger partial charge in [0.2, 0.25) is 88.6 Å². The third-order valence-corrected chi connectivity index (χ3v) is 16.3. The summed E-state index contributed by atoms with van der Waals surface area (Å²) in [5.74, 6) is -21.3. The standard InChI is InChI=1S/C62H94N16O25/c1-28(2)23-39(62(102)103)74-54(94)38(25-45(65)85)73-51(91)33(15-19-47(87)88)68-46(86)26-67-56(96)41-7-5-21-77(41)60(100)35(14-18-44(64)84)70-53(93)37(24-31-9-11-32(82)12-10-31)72-52(92)34(13-17-43(63)83)69-57(97)42-8-6-22-78(42)61(101)36(16-20-48(89)90)71-59(99)50(30(4)81)76-55(95)40(27-79)75-58(98)49(66)29(3)80/h9-12,28-30,33-42,49-50,79-82H,5-8,13-27,66H2,1-4H3,(H2,63,83)(H2,64,84)(H2,65,85)(H,67,96)(H,68,86)(H,69,97)(H,70,93)(H,71,99)(H,72,92)(H,73,91)(H,74,94)(H,75,98)(H,76,95)(H,87,88)(H,89,90)(H,102,103)/t29-,30-,33+,34+,35+,36+,37+,38+,39+,40+,41+,42+,49+,50+/m1/s1. The number of hydrogen-bond donors (Lipinski definition) is 21. The lowest BCUT2D eigenvalue weighted by molar-refractivity contribution is -0.144. The first-order chi connectivity index (χ1) is 48.2. The van der Waals surface area contributed by atoms with Crippen LogP contribution in [0.25, 0.3) is 0 Å². The van der Waals surface area contributed by atoms with Gasteiger partial charge in [0, 0.05) is 45.2 Å². The third kappa shape index (κ3) is 29.1. The lowest BCUT2D eigenvalue weighted by Crippen LogP contribution is -2.62. The number of benzene rings is 1. The average Bonchev–Trinajstić information content (AvgIpc) is 1.74. The second-order valence-corrected chi connectivity index (χ2v) is 25.2. The molecule has 2 aliphatic heterocycles. The van der Waals surface area contributed by atoms with Crippen molar-refractivity contribution < 1.29 is 122 Å². The molecule has 103 heavy (non-hydrogen) atoms. The number of carbonyl (C=O) groups excluding carboxylic acids is 15. The van der Waals surface area contributed by atoms with E-state index in [0.717, 1.165) is 16.7 Å². The summed E-state index contributed by atoms with van der Waals surface area (Å²) in [4.78, 5) is 240. The van der Waals surface area contributed by atoms with Gasteiger partial charge in [-0.1, -0.05) is 26.0 Å². The van der Waals surface area contributed by atoms with Crippen LogP contribution in [0.2, 0.25) is 0 Å². The topological polar surface area (TPSA) is 680 Å². The van der Waals surface area contributed by atoms with E-state index >= 15 is 0 Å².